The van der Waals surface area contributed by atoms with Crippen molar-refractivity contribution >= 4 is 43.1 Å². The largest absolute Gasteiger partial charge is 0.241 e. The zero-order valence-corrected chi connectivity index (χ0v) is 23.0. The Morgan fingerprint density at radius 1 is 0.625 bits per heavy atom. The minimum atomic E-state index is 0.523. The molecule has 0 bridgehead atoms. The van der Waals surface area contributed by atoms with Crippen LogP contribution in [0.25, 0.3) is 20.4 Å². The predicted octanol–water partition coefficient (Wildman–Crippen LogP) is 9.70. The Morgan fingerprint density at radius 2 is 1.22 bits per heavy atom. The second kappa shape index (κ2) is 10.0. The molecule has 0 atom stereocenters. The fraction of sp³-hybridized carbons (Fsp3) is 0.500. The van der Waals surface area contributed by atoms with Gasteiger partial charge in [-0.2, -0.15) is 0 Å². The Morgan fingerprint density at radius 3 is 1.78 bits per heavy atom. The van der Waals surface area contributed by atoms with Crippen molar-refractivity contribution in [2.75, 3.05) is 0 Å². The van der Waals surface area contributed by atoms with Gasteiger partial charge in [-0.1, -0.05) is 61.5 Å². The smallest absolute Gasteiger partial charge is 0.0964 e. The lowest BCUT2D eigenvalue weighted by Gasteiger charge is -2.12. The molecule has 0 saturated heterocycles. The fourth-order valence-electron chi connectivity index (χ4n) is 3.77. The molecule has 2 nitrogen and oxygen atoms in total. The van der Waals surface area contributed by atoms with Crippen LogP contribution in [-0.4, -0.2) is 9.97 Å². The molecule has 2 heterocycles. The number of aromatic nitrogens is 2. The van der Waals surface area contributed by atoms with Gasteiger partial charge in [0.05, 0.1) is 30.4 Å². The van der Waals surface area contributed by atoms with E-state index in [1.165, 1.54) is 47.2 Å². The van der Waals surface area contributed by atoms with Crippen LogP contribution in [-0.2, 0) is 0 Å². The average Bonchev–Trinajstić information content (AvgIpc) is 3.34. The average molecular weight is 467 g/mol. The third-order valence-electron chi connectivity index (χ3n) is 6.01. The van der Waals surface area contributed by atoms with E-state index in [9.17, 15) is 0 Å². The molecule has 4 rings (SSSR count). The maximum atomic E-state index is 4.79. The summed E-state index contributed by atoms with van der Waals surface area (Å²) in [6, 6.07) is 8.96. The molecule has 4 aromatic rings. The van der Waals surface area contributed by atoms with Crippen LogP contribution in [0.15, 0.2) is 24.3 Å². The third kappa shape index (κ3) is 5.23. The first-order valence-electron chi connectivity index (χ1n) is 11.8. The lowest BCUT2D eigenvalue weighted by atomic mass is 9.94. The number of aryl methyl sites for hydroxylation is 1. The van der Waals surface area contributed by atoms with Crippen molar-refractivity contribution in [3.05, 3.63) is 56.5 Å². The molecule has 0 amide bonds. The summed E-state index contributed by atoms with van der Waals surface area (Å²) in [6.07, 6.45) is 0. The lowest BCUT2D eigenvalue weighted by Crippen LogP contribution is -1.95. The number of hydrogen-bond donors (Lipinski definition) is 0. The van der Waals surface area contributed by atoms with E-state index in [1.807, 2.05) is 22.7 Å². The van der Waals surface area contributed by atoms with Gasteiger partial charge in [-0.3, -0.25) is 0 Å². The summed E-state index contributed by atoms with van der Waals surface area (Å²) < 4.78 is 2.67. The Bertz CT molecular complexity index is 1200. The second-order valence-corrected chi connectivity index (χ2v) is 12.1. The van der Waals surface area contributed by atoms with Crippen LogP contribution >= 0.6 is 22.7 Å². The molecule has 0 aliphatic heterocycles. The van der Waals surface area contributed by atoms with Gasteiger partial charge in [0, 0.05) is 11.8 Å². The van der Waals surface area contributed by atoms with Crippen LogP contribution in [0.1, 0.15) is 111 Å². The van der Waals surface area contributed by atoms with Gasteiger partial charge in [-0.05, 0) is 66.1 Å². The van der Waals surface area contributed by atoms with E-state index >= 15 is 0 Å². The van der Waals surface area contributed by atoms with Crippen LogP contribution in [0.3, 0.4) is 0 Å². The molecule has 0 fully saturated rings. The third-order valence-corrected chi connectivity index (χ3v) is 8.63. The molecule has 2 aromatic heterocycles. The number of benzene rings is 2. The molecule has 172 valence electrons. The highest BCUT2D eigenvalue weighted by Gasteiger charge is 2.14. The first-order chi connectivity index (χ1) is 15.0. The van der Waals surface area contributed by atoms with Crippen LogP contribution in [0, 0.1) is 13.8 Å². The molecule has 0 aliphatic carbocycles. The van der Waals surface area contributed by atoms with Crippen LogP contribution in [0.4, 0.5) is 0 Å². The molecule has 0 radical (unpaired) electrons. The summed E-state index contributed by atoms with van der Waals surface area (Å²) in [5.74, 6) is 2.24. The predicted molar refractivity (Wildman–Crippen MR) is 145 cm³/mol. The van der Waals surface area contributed by atoms with Gasteiger partial charge < -0.3 is 0 Å². The highest BCUT2D eigenvalue weighted by atomic mass is 32.1. The quantitative estimate of drug-likeness (QED) is 0.299. The van der Waals surface area contributed by atoms with Gasteiger partial charge in [-0.25, -0.2) is 9.97 Å². The molecular weight excluding hydrogens is 428 g/mol. The number of nitrogens with zero attached hydrogens (tertiary/aromatic N) is 2. The van der Waals surface area contributed by atoms with Crippen molar-refractivity contribution < 1.29 is 0 Å². The van der Waals surface area contributed by atoms with Gasteiger partial charge >= 0.3 is 0 Å². The molecule has 32 heavy (non-hydrogen) atoms. The Labute approximate surface area is 202 Å². The molecule has 0 unspecified atom stereocenters. The van der Waals surface area contributed by atoms with E-state index in [2.05, 4.69) is 98.5 Å². The van der Waals surface area contributed by atoms with Gasteiger partial charge in [0.25, 0.3) is 0 Å². The van der Waals surface area contributed by atoms with Gasteiger partial charge in [0.15, 0.2) is 0 Å². The van der Waals surface area contributed by atoms with E-state index in [-0.39, 0.29) is 0 Å². The molecule has 0 N–H and O–H groups in total. The standard InChI is InChI=1S/C15H21NS.C13H17NS/c1-8(2)12-7-13-14(11(6)10(12)5)16-15(17-13)9(3)4;1-8(2)10-5-6-11-12(7-10)15-13(14-11)9(3)4/h7-9H,1-6H3;5-9H,1-4H3. The molecular formula is C28H38N2S2. The van der Waals surface area contributed by atoms with Crippen molar-refractivity contribution in [3.8, 4) is 0 Å². The number of fused-ring (bicyclic) bond motifs is 2. The monoisotopic (exact) mass is 466 g/mol. The highest BCUT2D eigenvalue weighted by Crippen LogP contribution is 2.34. The van der Waals surface area contributed by atoms with E-state index in [1.54, 1.807) is 0 Å². The normalized spacial score (nSPS) is 11.9. The molecule has 4 heteroatoms. The van der Waals surface area contributed by atoms with Crippen LogP contribution in [0.2, 0.25) is 0 Å². The van der Waals surface area contributed by atoms with Crippen molar-refractivity contribution in [2.45, 2.75) is 92.9 Å². The van der Waals surface area contributed by atoms with E-state index in [0.717, 1.165) is 5.52 Å². The van der Waals surface area contributed by atoms with E-state index in [0.29, 0.717) is 23.7 Å². The summed E-state index contributed by atoms with van der Waals surface area (Å²) in [7, 11) is 0. The van der Waals surface area contributed by atoms with Gasteiger partial charge in [0.2, 0.25) is 0 Å². The van der Waals surface area contributed by atoms with Crippen LogP contribution < -0.4 is 0 Å². The Kier molecular flexibility index (Phi) is 7.77. The van der Waals surface area contributed by atoms with Crippen molar-refractivity contribution in [1.29, 1.82) is 0 Å². The minimum Gasteiger partial charge on any atom is -0.241 e. The minimum absolute atomic E-state index is 0.523. The number of thiazole rings is 2. The molecule has 0 saturated carbocycles. The van der Waals surface area contributed by atoms with E-state index in [4.69, 9.17) is 4.98 Å². The Balaban J connectivity index is 0.000000182. The Hall–Kier alpha value is -1.78. The number of hydrogen-bond acceptors (Lipinski definition) is 4. The maximum Gasteiger partial charge on any atom is 0.0964 e. The molecule has 0 spiro atoms. The number of rotatable bonds is 4. The fourth-order valence-corrected chi connectivity index (χ4v) is 5.87. The summed E-state index contributed by atoms with van der Waals surface area (Å²) in [5, 5.41) is 2.49. The summed E-state index contributed by atoms with van der Waals surface area (Å²) >= 11 is 3.67. The molecule has 0 aliphatic rings. The topological polar surface area (TPSA) is 25.8 Å². The summed E-state index contributed by atoms with van der Waals surface area (Å²) in [6.45, 7) is 22.2. The zero-order chi connectivity index (χ0) is 23.7. The van der Waals surface area contributed by atoms with Crippen molar-refractivity contribution in [3.63, 3.8) is 0 Å². The first kappa shape index (κ1) is 24.9. The van der Waals surface area contributed by atoms with Crippen molar-refractivity contribution in [1.82, 2.24) is 9.97 Å². The highest BCUT2D eigenvalue weighted by molar-refractivity contribution is 7.19. The zero-order valence-electron chi connectivity index (χ0n) is 21.3. The van der Waals surface area contributed by atoms with Crippen molar-refractivity contribution in [2.24, 2.45) is 0 Å². The maximum absolute atomic E-state index is 4.79. The van der Waals surface area contributed by atoms with Gasteiger partial charge in [0.1, 0.15) is 0 Å². The molecule has 2 aromatic carbocycles. The summed E-state index contributed by atoms with van der Waals surface area (Å²) in [4.78, 5) is 9.42. The van der Waals surface area contributed by atoms with Gasteiger partial charge in [-0.15, -0.1) is 22.7 Å². The van der Waals surface area contributed by atoms with Crippen LogP contribution in [0.5, 0.6) is 0 Å². The van der Waals surface area contributed by atoms with E-state index < -0.39 is 0 Å². The first-order valence-corrected chi connectivity index (χ1v) is 13.4. The SMILES string of the molecule is CC(C)c1ccc2nc(C(C)C)sc2c1.Cc1c(C(C)C)cc2sc(C(C)C)nc2c1C. The second-order valence-electron chi connectivity index (χ2n) is 10.0. The lowest BCUT2D eigenvalue weighted by molar-refractivity contribution is 0.852. The summed E-state index contributed by atoms with van der Waals surface area (Å²) in [5.41, 5.74) is 7.99.